The van der Waals surface area contributed by atoms with Gasteiger partial charge in [-0.15, -0.1) is 0 Å². The van der Waals surface area contributed by atoms with E-state index in [1.165, 1.54) is 42.5 Å². The molecule has 0 saturated carbocycles. The van der Waals surface area contributed by atoms with Crippen molar-refractivity contribution in [1.29, 1.82) is 0 Å². The summed E-state index contributed by atoms with van der Waals surface area (Å²) in [5.74, 6) is -0.723. The van der Waals surface area contributed by atoms with Gasteiger partial charge < -0.3 is 4.74 Å². The van der Waals surface area contributed by atoms with Gasteiger partial charge in [0, 0.05) is 23.1 Å². The number of rotatable bonds is 7. The summed E-state index contributed by atoms with van der Waals surface area (Å²) in [6, 6.07) is 12.4. The molecule has 0 aliphatic heterocycles. The van der Waals surface area contributed by atoms with E-state index < -0.39 is 27.9 Å². The first kappa shape index (κ1) is 23.8. The number of hydrazine groups is 1. The molecule has 0 aromatic heterocycles. The van der Waals surface area contributed by atoms with Crippen LogP contribution < -0.4 is 15.6 Å². The minimum Gasteiger partial charge on any atom is -0.481 e. The summed E-state index contributed by atoms with van der Waals surface area (Å²) in [6.07, 6.45) is -0.869. The molecule has 2 aromatic rings. The first-order valence-corrected chi connectivity index (χ1v) is 11.4. The Balaban J connectivity index is 2.02. The standard InChI is InChI=1S/C20H24BrN3O5S/c1-13(2)24(4)30(27,28)18-10-5-7-15(11-18)20(26)23-22-19(25)14(3)29-17-9-6-8-16(21)12-17/h5-14H,1-4H3,(H,22,25)(H,23,26). The number of hydrogen-bond acceptors (Lipinski definition) is 5. The molecule has 10 heteroatoms. The van der Waals surface area contributed by atoms with Crippen molar-refractivity contribution in [2.24, 2.45) is 0 Å². The molecule has 1 unspecified atom stereocenters. The first-order chi connectivity index (χ1) is 14.0. The van der Waals surface area contributed by atoms with Crippen molar-refractivity contribution in [2.45, 2.75) is 37.8 Å². The van der Waals surface area contributed by atoms with Gasteiger partial charge in [-0.3, -0.25) is 20.4 Å². The lowest BCUT2D eigenvalue weighted by Gasteiger charge is -2.21. The zero-order valence-corrected chi connectivity index (χ0v) is 19.5. The van der Waals surface area contributed by atoms with Crippen molar-refractivity contribution in [3.8, 4) is 5.75 Å². The summed E-state index contributed by atoms with van der Waals surface area (Å²) >= 11 is 3.32. The van der Waals surface area contributed by atoms with E-state index in [2.05, 4.69) is 26.8 Å². The first-order valence-electron chi connectivity index (χ1n) is 9.13. The molecule has 0 bridgehead atoms. The number of carbonyl (C=O) groups is 2. The molecule has 2 amide bonds. The van der Waals surface area contributed by atoms with Crippen LogP contribution in [0.15, 0.2) is 57.9 Å². The van der Waals surface area contributed by atoms with E-state index in [0.29, 0.717) is 5.75 Å². The Kier molecular flexibility index (Phi) is 7.99. The van der Waals surface area contributed by atoms with Crippen LogP contribution in [0.1, 0.15) is 31.1 Å². The fourth-order valence-corrected chi connectivity index (χ4v) is 4.12. The summed E-state index contributed by atoms with van der Waals surface area (Å²) in [6.45, 7) is 5.04. The van der Waals surface area contributed by atoms with Crippen LogP contribution in [0.5, 0.6) is 5.75 Å². The van der Waals surface area contributed by atoms with Crippen LogP contribution in [0.3, 0.4) is 0 Å². The number of amides is 2. The predicted molar refractivity (Wildman–Crippen MR) is 116 cm³/mol. The maximum atomic E-state index is 12.6. The van der Waals surface area contributed by atoms with Gasteiger partial charge in [0.05, 0.1) is 4.90 Å². The molecule has 2 rings (SSSR count). The molecule has 30 heavy (non-hydrogen) atoms. The van der Waals surface area contributed by atoms with Gasteiger partial charge in [0.1, 0.15) is 5.75 Å². The van der Waals surface area contributed by atoms with Gasteiger partial charge in [-0.05, 0) is 57.2 Å². The zero-order chi connectivity index (χ0) is 22.5. The highest BCUT2D eigenvalue weighted by atomic mass is 79.9. The highest BCUT2D eigenvalue weighted by molar-refractivity contribution is 9.10. The molecule has 0 aliphatic rings. The largest absolute Gasteiger partial charge is 0.481 e. The summed E-state index contributed by atoms with van der Waals surface area (Å²) in [4.78, 5) is 24.6. The van der Waals surface area contributed by atoms with Crippen LogP contribution in [-0.4, -0.2) is 43.7 Å². The van der Waals surface area contributed by atoms with Crippen molar-refractivity contribution < 1.29 is 22.7 Å². The minimum absolute atomic E-state index is 0.0102. The molecule has 0 saturated heterocycles. The van der Waals surface area contributed by atoms with Gasteiger partial charge in [-0.2, -0.15) is 4.31 Å². The monoisotopic (exact) mass is 497 g/mol. The van der Waals surface area contributed by atoms with E-state index in [1.807, 2.05) is 6.07 Å². The Morgan fingerprint density at radius 2 is 1.70 bits per heavy atom. The van der Waals surface area contributed by atoms with Crippen molar-refractivity contribution >= 4 is 37.8 Å². The number of hydrogen-bond donors (Lipinski definition) is 2. The number of nitrogens with one attached hydrogen (secondary N) is 2. The lowest BCUT2D eigenvalue weighted by molar-refractivity contribution is -0.128. The second-order valence-electron chi connectivity index (χ2n) is 6.80. The van der Waals surface area contributed by atoms with Crippen LogP contribution in [0.4, 0.5) is 0 Å². The van der Waals surface area contributed by atoms with Gasteiger partial charge >= 0.3 is 0 Å². The molecule has 0 radical (unpaired) electrons. The third-order valence-corrected chi connectivity index (χ3v) is 6.80. The summed E-state index contributed by atoms with van der Waals surface area (Å²) in [5.41, 5.74) is 4.64. The van der Waals surface area contributed by atoms with Gasteiger partial charge in [0.15, 0.2) is 6.10 Å². The average molecular weight is 498 g/mol. The normalized spacial score (nSPS) is 12.5. The smallest absolute Gasteiger partial charge is 0.279 e. The molecule has 162 valence electrons. The van der Waals surface area contributed by atoms with Crippen LogP contribution in [0, 0.1) is 0 Å². The molecular formula is C20H24BrN3O5S. The molecule has 1 atom stereocenters. The van der Waals surface area contributed by atoms with E-state index in [0.717, 1.165) is 4.47 Å². The molecule has 0 fully saturated rings. The Morgan fingerprint density at radius 1 is 1.03 bits per heavy atom. The zero-order valence-electron chi connectivity index (χ0n) is 17.0. The Labute approximate surface area is 184 Å². The second kappa shape index (κ2) is 10.1. The van der Waals surface area contributed by atoms with Gasteiger partial charge in [-0.1, -0.05) is 28.1 Å². The lowest BCUT2D eigenvalue weighted by Crippen LogP contribution is -2.47. The van der Waals surface area contributed by atoms with Crippen LogP contribution in [0.25, 0.3) is 0 Å². The number of sulfonamides is 1. The number of nitrogens with zero attached hydrogens (tertiary/aromatic N) is 1. The van der Waals surface area contributed by atoms with Crippen LogP contribution in [-0.2, 0) is 14.8 Å². The van der Waals surface area contributed by atoms with E-state index >= 15 is 0 Å². The lowest BCUT2D eigenvalue weighted by atomic mass is 10.2. The number of ether oxygens (including phenoxy) is 1. The maximum absolute atomic E-state index is 12.6. The van der Waals surface area contributed by atoms with Crippen LogP contribution >= 0.6 is 15.9 Å². The Morgan fingerprint density at radius 3 is 2.33 bits per heavy atom. The van der Waals surface area contributed by atoms with Crippen molar-refractivity contribution in [2.75, 3.05) is 7.05 Å². The quantitative estimate of drug-likeness (QED) is 0.572. The predicted octanol–water partition coefficient (Wildman–Crippen LogP) is 2.71. The number of halogens is 1. The second-order valence-corrected chi connectivity index (χ2v) is 9.72. The number of carbonyl (C=O) groups excluding carboxylic acids is 2. The summed E-state index contributed by atoms with van der Waals surface area (Å²) in [5, 5.41) is 0. The summed E-state index contributed by atoms with van der Waals surface area (Å²) < 4.78 is 32.8. The number of benzene rings is 2. The topological polar surface area (TPSA) is 105 Å². The highest BCUT2D eigenvalue weighted by Crippen LogP contribution is 2.19. The van der Waals surface area contributed by atoms with Crippen LogP contribution in [0.2, 0.25) is 0 Å². The average Bonchev–Trinajstić information content (AvgIpc) is 2.71. The highest BCUT2D eigenvalue weighted by Gasteiger charge is 2.24. The fraction of sp³-hybridized carbons (Fsp3) is 0.300. The van der Waals surface area contributed by atoms with Gasteiger partial charge in [-0.25, -0.2) is 8.42 Å². The molecule has 0 aliphatic carbocycles. The molecule has 0 spiro atoms. The molecule has 2 aromatic carbocycles. The van der Waals surface area contributed by atoms with Gasteiger partial charge in [0.25, 0.3) is 11.8 Å². The maximum Gasteiger partial charge on any atom is 0.279 e. The van der Waals surface area contributed by atoms with E-state index in [4.69, 9.17) is 4.74 Å². The SMILES string of the molecule is CC(Oc1cccc(Br)c1)C(=O)NNC(=O)c1cccc(S(=O)(=O)N(C)C(C)C)c1. The van der Waals surface area contributed by atoms with E-state index in [-0.39, 0.29) is 16.5 Å². The van der Waals surface area contributed by atoms with E-state index in [1.54, 1.807) is 32.0 Å². The molecule has 0 heterocycles. The van der Waals surface area contributed by atoms with Gasteiger partial charge in [0.2, 0.25) is 10.0 Å². The Bertz CT molecular complexity index is 1030. The third kappa shape index (κ3) is 6.04. The fourth-order valence-electron chi connectivity index (χ4n) is 2.33. The van der Waals surface area contributed by atoms with Crippen molar-refractivity contribution in [1.82, 2.24) is 15.2 Å². The third-order valence-electron chi connectivity index (χ3n) is 4.28. The van der Waals surface area contributed by atoms with E-state index in [9.17, 15) is 18.0 Å². The molecule has 8 nitrogen and oxygen atoms in total. The van der Waals surface area contributed by atoms with Crippen molar-refractivity contribution in [3.05, 3.63) is 58.6 Å². The van der Waals surface area contributed by atoms with Crippen molar-refractivity contribution in [3.63, 3.8) is 0 Å². The molecular weight excluding hydrogens is 474 g/mol. The minimum atomic E-state index is -3.73. The summed E-state index contributed by atoms with van der Waals surface area (Å²) in [7, 11) is -2.26. The Hall–Kier alpha value is -2.43. The molecule has 2 N–H and O–H groups in total.